The Morgan fingerprint density at radius 3 is 1.31 bits per heavy atom. The zero-order valence-corrected chi connectivity index (χ0v) is 27.6. The minimum Gasteiger partial charge on any atom is -0.308 e. The molecule has 2 aliphatic rings. The molecule has 2 atom stereocenters. The van der Waals surface area contributed by atoms with Gasteiger partial charge in [0.2, 0.25) is 0 Å². The number of rotatable bonds is 4. The molecule has 0 amide bonds. The molecule has 9 heteroatoms. The van der Waals surface area contributed by atoms with Gasteiger partial charge < -0.3 is 14.0 Å². The molecule has 4 heterocycles. The van der Waals surface area contributed by atoms with Crippen LogP contribution < -0.4 is 36.7 Å². The van der Waals surface area contributed by atoms with Gasteiger partial charge in [-0.2, -0.15) is 0 Å². The van der Waals surface area contributed by atoms with Gasteiger partial charge in [-0.25, -0.2) is 19.9 Å². The second kappa shape index (κ2) is 10.8. The molecule has 0 fully saturated rings. The zero-order valence-electron chi connectivity index (χ0n) is 25.8. The van der Waals surface area contributed by atoms with Gasteiger partial charge in [0.25, 0.3) is 0 Å². The summed E-state index contributed by atoms with van der Waals surface area (Å²) in [5.41, 5.74) is 4.67. The topological polar surface area (TPSA) is 88.9 Å². The first-order valence-electron chi connectivity index (χ1n) is 15.6. The van der Waals surface area contributed by atoms with Crippen LogP contribution in [0.15, 0.2) is 146 Å². The Labute approximate surface area is 277 Å². The van der Waals surface area contributed by atoms with Crippen molar-refractivity contribution >= 4 is 63.2 Å². The molecule has 0 radical (unpaired) electrons. The Bertz CT molecular complexity index is 2310. The third kappa shape index (κ3) is 4.08. The predicted molar refractivity (Wildman–Crippen MR) is 194 cm³/mol. The van der Waals surface area contributed by atoms with Crippen LogP contribution in [0.2, 0.25) is 0 Å². The minimum atomic E-state index is -3.52. The summed E-state index contributed by atoms with van der Waals surface area (Å²) in [6, 6.07) is 38.7. The first kappa shape index (κ1) is 28.7. The number of aryl methyl sites for hydroxylation is 1. The highest BCUT2D eigenvalue weighted by Crippen LogP contribution is 2.61. The number of hydrogen-bond acceptors (Lipinski definition) is 7. The van der Waals surface area contributed by atoms with Crippen molar-refractivity contribution in [1.82, 2.24) is 19.9 Å². The molecule has 0 saturated carbocycles. The number of hydrogen-bond donors (Lipinski definition) is 0. The maximum Gasteiger partial charge on any atom is 0.175 e. The van der Waals surface area contributed by atoms with E-state index < -0.39 is 14.3 Å². The smallest absolute Gasteiger partial charge is 0.175 e. The van der Waals surface area contributed by atoms with Crippen LogP contribution in [0, 0.1) is 6.92 Å². The fourth-order valence-corrected chi connectivity index (χ4v) is 13.4. The summed E-state index contributed by atoms with van der Waals surface area (Å²) in [7, 11) is -7.04. The van der Waals surface area contributed by atoms with E-state index in [2.05, 4.69) is 24.8 Å². The Morgan fingerprint density at radius 1 is 0.479 bits per heavy atom. The molecule has 2 aromatic heterocycles. The van der Waals surface area contributed by atoms with Gasteiger partial charge >= 0.3 is 0 Å². The summed E-state index contributed by atoms with van der Waals surface area (Å²) in [5.74, 6) is 1.10. The number of nitrogens with zero attached hydrogens (tertiary/aromatic N) is 5. The van der Waals surface area contributed by atoms with Crippen molar-refractivity contribution < 1.29 is 9.13 Å². The Morgan fingerprint density at radius 2 is 0.896 bits per heavy atom. The van der Waals surface area contributed by atoms with Crippen LogP contribution >= 0.6 is 14.3 Å². The van der Waals surface area contributed by atoms with Crippen molar-refractivity contribution in [3.05, 3.63) is 152 Å². The molecular formula is C39H27N5O2P2. The van der Waals surface area contributed by atoms with Crippen molar-refractivity contribution in [2.45, 2.75) is 6.92 Å². The van der Waals surface area contributed by atoms with Gasteiger partial charge in [-0.3, -0.25) is 0 Å². The normalized spacial score (nSPS) is 18.8. The van der Waals surface area contributed by atoms with E-state index >= 15 is 9.13 Å². The van der Waals surface area contributed by atoms with E-state index in [1.165, 1.54) is 0 Å². The molecule has 5 aromatic carbocycles. The summed E-state index contributed by atoms with van der Waals surface area (Å²) in [5, 5.41) is 4.11. The van der Waals surface area contributed by atoms with Crippen LogP contribution in [-0.2, 0) is 9.13 Å². The van der Waals surface area contributed by atoms with E-state index in [1.54, 1.807) is 36.9 Å². The molecule has 9 rings (SSSR count). The van der Waals surface area contributed by atoms with E-state index in [1.807, 2.05) is 116 Å². The summed E-state index contributed by atoms with van der Waals surface area (Å²) in [6.07, 6.45) is 6.83. The van der Waals surface area contributed by atoms with Crippen molar-refractivity contribution in [1.29, 1.82) is 0 Å². The van der Waals surface area contributed by atoms with Crippen LogP contribution in [-0.4, -0.2) is 19.9 Å². The lowest BCUT2D eigenvalue weighted by molar-refractivity contribution is 0.592. The summed E-state index contributed by atoms with van der Waals surface area (Å²) in [6.45, 7) is 1.99. The predicted octanol–water partition coefficient (Wildman–Crippen LogP) is 6.28. The van der Waals surface area contributed by atoms with Crippen LogP contribution in [0.1, 0.15) is 5.56 Å². The number of benzene rings is 5. The summed E-state index contributed by atoms with van der Waals surface area (Å²) < 4.78 is 32.4. The molecular weight excluding hydrogens is 632 g/mol. The van der Waals surface area contributed by atoms with Crippen molar-refractivity contribution in [2.75, 3.05) is 4.90 Å². The highest BCUT2D eigenvalue weighted by Gasteiger charge is 2.50. The SMILES string of the molecule is Cc1cc2c3c(c1)P(=O)(c1ccccc1)c1cc(-c4ncccn4)ccc1N3c1ccc(-c3ncccn3)cc1P2(=O)c1ccccc1. The second-order valence-electron chi connectivity index (χ2n) is 11.9. The largest absolute Gasteiger partial charge is 0.308 e. The van der Waals surface area contributed by atoms with Crippen molar-refractivity contribution in [3.63, 3.8) is 0 Å². The highest BCUT2D eigenvalue weighted by atomic mass is 31.2. The van der Waals surface area contributed by atoms with Crippen molar-refractivity contribution in [3.8, 4) is 22.8 Å². The lowest BCUT2D eigenvalue weighted by Crippen LogP contribution is -2.46. The monoisotopic (exact) mass is 659 g/mol. The van der Waals surface area contributed by atoms with Gasteiger partial charge in [0.05, 0.1) is 17.1 Å². The first-order valence-corrected chi connectivity index (χ1v) is 19.0. The Hall–Kier alpha value is -5.48. The molecule has 0 aliphatic carbocycles. The average Bonchev–Trinajstić information content (AvgIpc) is 3.15. The molecule has 48 heavy (non-hydrogen) atoms. The molecule has 7 aromatic rings. The van der Waals surface area contributed by atoms with Gasteiger partial charge in [-0.1, -0.05) is 60.7 Å². The zero-order chi connectivity index (χ0) is 32.5. The molecule has 0 spiro atoms. The third-order valence-corrected chi connectivity index (χ3v) is 15.3. The lowest BCUT2D eigenvalue weighted by Gasteiger charge is -2.44. The van der Waals surface area contributed by atoms with Crippen LogP contribution in [0.5, 0.6) is 0 Å². The fourth-order valence-electron chi connectivity index (χ4n) is 7.02. The van der Waals surface area contributed by atoms with E-state index in [-0.39, 0.29) is 0 Å². The summed E-state index contributed by atoms with van der Waals surface area (Å²) >= 11 is 0. The van der Waals surface area contributed by atoms with E-state index in [9.17, 15) is 0 Å². The fraction of sp³-hybridized carbons (Fsp3) is 0.0256. The first-order chi connectivity index (χ1) is 23.5. The van der Waals surface area contributed by atoms with E-state index in [0.717, 1.165) is 28.1 Å². The summed E-state index contributed by atoms with van der Waals surface area (Å²) in [4.78, 5) is 20.2. The quantitative estimate of drug-likeness (QED) is 0.206. The standard InChI is InChI=1S/C39H27N5O2P2/c1-26-22-35-37-36(23-26)48(46,30-12-6-3-7-13-30)34-25-28(39-42-20-9-21-43-39)15-17-32(34)44(37)31-16-14-27(38-40-18-8-19-41-38)24-33(31)47(35,45)29-10-4-2-5-11-29/h2-25H,1H3. The maximum absolute atomic E-state index is 16.2. The number of aromatic nitrogens is 4. The second-order valence-corrected chi connectivity index (χ2v) is 17.3. The van der Waals surface area contributed by atoms with Crippen molar-refractivity contribution in [2.24, 2.45) is 0 Å². The van der Waals surface area contributed by atoms with E-state index in [4.69, 9.17) is 0 Å². The van der Waals surface area contributed by atoms with Crippen LogP contribution in [0.25, 0.3) is 22.8 Å². The Balaban J connectivity index is 1.42. The van der Waals surface area contributed by atoms with Gasteiger partial charge in [-0.15, -0.1) is 0 Å². The molecule has 7 nitrogen and oxygen atoms in total. The maximum atomic E-state index is 16.2. The van der Waals surface area contributed by atoms with Gasteiger partial charge in [-0.05, 0) is 73.2 Å². The van der Waals surface area contributed by atoms with Crippen LogP contribution in [0.4, 0.5) is 17.1 Å². The number of fused-ring (bicyclic) bond motifs is 4. The van der Waals surface area contributed by atoms with E-state index in [0.29, 0.717) is 49.2 Å². The molecule has 2 unspecified atom stereocenters. The molecule has 0 bridgehead atoms. The van der Waals surface area contributed by atoms with Gasteiger partial charge in [0.15, 0.2) is 25.9 Å². The van der Waals surface area contributed by atoms with Crippen LogP contribution in [0.3, 0.4) is 0 Å². The molecule has 230 valence electrons. The lowest BCUT2D eigenvalue weighted by atomic mass is 10.1. The van der Waals surface area contributed by atoms with Gasteiger partial charge in [0, 0.05) is 67.7 Å². The molecule has 0 N–H and O–H groups in total. The molecule has 2 aliphatic heterocycles. The number of anilines is 3. The van der Waals surface area contributed by atoms with Gasteiger partial charge in [0.1, 0.15) is 0 Å². The molecule has 0 saturated heterocycles. The Kier molecular flexibility index (Phi) is 6.45. The minimum absolute atomic E-state index is 0.552. The average molecular weight is 660 g/mol. The third-order valence-electron chi connectivity index (χ3n) is 9.11. The highest BCUT2D eigenvalue weighted by molar-refractivity contribution is 7.88.